The number of nitrogens with zero attached hydrogens (tertiary/aromatic N) is 5. The van der Waals surface area contributed by atoms with Gasteiger partial charge in [0.25, 0.3) is 11.4 Å². The number of carbonyl (C=O) groups is 1. The number of halogens is 1. The van der Waals surface area contributed by atoms with E-state index in [-0.39, 0.29) is 18.0 Å². The van der Waals surface area contributed by atoms with Crippen molar-refractivity contribution in [2.24, 2.45) is 0 Å². The van der Waals surface area contributed by atoms with Gasteiger partial charge >= 0.3 is 0 Å². The smallest absolute Gasteiger partial charge is 0.268 e. The van der Waals surface area contributed by atoms with Crippen molar-refractivity contribution in [2.75, 3.05) is 13.1 Å². The predicted octanol–water partition coefficient (Wildman–Crippen LogP) is 3.76. The summed E-state index contributed by atoms with van der Waals surface area (Å²) in [7, 11) is 0. The average molecular weight is 456 g/mol. The molecule has 0 saturated carbocycles. The Bertz CT molecular complexity index is 1350. The van der Waals surface area contributed by atoms with E-state index >= 15 is 0 Å². The summed E-state index contributed by atoms with van der Waals surface area (Å²) in [4.78, 5) is 37.5. The van der Waals surface area contributed by atoms with Crippen LogP contribution in [-0.2, 0) is 11.3 Å². The number of benzene rings is 1. The summed E-state index contributed by atoms with van der Waals surface area (Å²) in [6.07, 6.45) is 3.44. The molecule has 0 aliphatic carbocycles. The maximum absolute atomic E-state index is 13.1. The Morgan fingerprint density at radius 3 is 2.81 bits per heavy atom. The fourth-order valence-electron chi connectivity index (χ4n) is 3.76. The highest BCUT2D eigenvalue weighted by atomic mass is 35.5. The van der Waals surface area contributed by atoms with Gasteiger partial charge in [0.2, 0.25) is 11.7 Å². The quantitative estimate of drug-likeness (QED) is 0.465. The first kappa shape index (κ1) is 19.9. The van der Waals surface area contributed by atoms with E-state index in [1.54, 1.807) is 11.0 Å². The summed E-state index contributed by atoms with van der Waals surface area (Å²) in [5.74, 6) is 0.615. The number of likely N-dealkylation sites (tertiary alicyclic amines) is 1. The molecule has 0 radical (unpaired) electrons. The minimum atomic E-state index is -0.247. The first-order valence-corrected chi connectivity index (χ1v) is 11.1. The Labute approximate surface area is 186 Å². The van der Waals surface area contributed by atoms with Crippen LogP contribution in [0.15, 0.2) is 39.9 Å². The van der Waals surface area contributed by atoms with Gasteiger partial charge in [-0.2, -0.15) is 4.98 Å². The van der Waals surface area contributed by atoms with E-state index in [0.717, 1.165) is 25.9 Å². The maximum Gasteiger partial charge on any atom is 0.268 e. The molecule has 0 bridgehead atoms. The molecule has 158 valence electrons. The van der Waals surface area contributed by atoms with Gasteiger partial charge in [-0.15, -0.1) is 11.3 Å². The third kappa shape index (κ3) is 3.53. The number of rotatable bonds is 4. The molecular weight excluding hydrogens is 438 g/mol. The van der Waals surface area contributed by atoms with Crippen LogP contribution in [0.3, 0.4) is 0 Å². The Morgan fingerprint density at radius 1 is 1.26 bits per heavy atom. The number of amides is 1. The van der Waals surface area contributed by atoms with Crippen molar-refractivity contribution in [3.05, 3.63) is 51.5 Å². The van der Waals surface area contributed by atoms with E-state index in [4.69, 9.17) is 16.1 Å². The number of fused-ring (bicyclic) bond motifs is 1. The molecule has 1 aliphatic heterocycles. The van der Waals surface area contributed by atoms with Gasteiger partial charge < -0.3 is 9.42 Å². The molecule has 0 spiro atoms. The van der Waals surface area contributed by atoms with E-state index < -0.39 is 0 Å². The number of aromatic nitrogens is 4. The summed E-state index contributed by atoms with van der Waals surface area (Å²) in [6.45, 7) is 3.30. The van der Waals surface area contributed by atoms with Crippen LogP contribution in [0.4, 0.5) is 0 Å². The summed E-state index contributed by atoms with van der Waals surface area (Å²) in [5, 5.41) is 5.03. The fourth-order valence-corrected chi connectivity index (χ4v) is 5.04. The lowest BCUT2D eigenvalue weighted by atomic mass is 10.2. The zero-order valence-electron chi connectivity index (χ0n) is 16.7. The van der Waals surface area contributed by atoms with Gasteiger partial charge in [0.15, 0.2) is 0 Å². The molecule has 31 heavy (non-hydrogen) atoms. The second-order valence-electron chi connectivity index (χ2n) is 7.40. The summed E-state index contributed by atoms with van der Waals surface area (Å²) in [5.41, 5.74) is 1.12. The molecule has 1 aliphatic rings. The Balaban J connectivity index is 1.51. The van der Waals surface area contributed by atoms with Crippen LogP contribution in [0.5, 0.6) is 0 Å². The zero-order valence-corrected chi connectivity index (χ0v) is 18.2. The van der Waals surface area contributed by atoms with Gasteiger partial charge in [-0.25, -0.2) is 4.98 Å². The van der Waals surface area contributed by atoms with Gasteiger partial charge in [0.1, 0.15) is 11.4 Å². The third-order valence-corrected chi connectivity index (χ3v) is 6.93. The van der Waals surface area contributed by atoms with E-state index in [9.17, 15) is 9.59 Å². The lowest BCUT2D eigenvalue weighted by Gasteiger charge is -2.15. The summed E-state index contributed by atoms with van der Waals surface area (Å²) in [6, 6.07) is 7.24. The highest BCUT2D eigenvalue weighted by Gasteiger charge is 2.23. The molecule has 8 nitrogen and oxygen atoms in total. The Morgan fingerprint density at radius 2 is 2.03 bits per heavy atom. The number of hydrogen-bond acceptors (Lipinski definition) is 7. The molecular formula is C21H18ClN5O3S. The molecule has 1 fully saturated rings. The van der Waals surface area contributed by atoms with Crippen LogP contribution >= 0.6 is 22.9 Å². The molecule has 1 amide bonds. The summed E-state index contributed by atoms with van der Waals surface area (Å²) >= 11 is 7.54. The Hall–Kier alpha value is -3.04. The van der Waals surface area contributed by atoms with Crippen LogP contribution in [0.25, 0.3) is 32.4 Å². The topological polar surface area (TPSA) is 94.1 Å². The van der Waals surface area contributed by atoms with Crippen molar-refractivity contribution in [1.29, 1.82) is 0 Å². The average Bonchev–Trinajstić information content (AvgIpc) is 3.51. The Kier molecular flexibility index (Phi) is 5.07. The molecule has 0 unspecified atom stereocenters. The monoisotopic (exact) mass is 455 g/mol. The van der Waals surface area contributed by atoms with Crippen molar-refractivity contribution in [3.8, 4) is 22.2 Å². The zero-order chi connectivity index (χ0) is 21.5. The van der Waals surface area contributed by atoms with Crippen molar-refractivity contribution < 1.29 is 9.32 Å². The van der Waals surface area contributed by atoms with Gasteiger partial charge in [-0.05, 0) is 37.5 Å². The summed E-state index contributed by atoms with van der Waals surface area (Å²) < 4.78 is 6.84. The second kappa shape index (κ2) is 7.90. The highest BCUT2D eigenvalue weighted by molar-refractivity contribution is 7.22. The van der Waals surface area contributed by atoms with Crippen molar-refractivity contribution in [1.82, 2.24) is 24.6 Å². The third-order valence-electron chi connectivity index (χ3n) is 5.42. The highest BCUT2D eigenvalue weighted by Crippen LogP contribution is 2.36. The molecule has 3 aromatic heterocycles. The van der Waals surface area contributed by atoms with E-state index in [1.807, 2.05) is 25.1 Å². The van der Waals surface area contributed by atoms with Crippen LogP contribution in [-0.4, -0.2) is 43.6 Å². The first-order chi connectivity index (χ1) is 15.0. The minimum absolute atomic E-state index is 0.0103. The SMILES string of the molecule is Cc1c(-c2nc(-c3ccccc3Cl)no2)sc2ncn(CC(=O)N3CCCC3)c(=O)c12. The van der Waals surface area contributed by atoms with E-state index in [1.165, 1.54) is 22.2 Å². The minimum Gasteiger partial charge on any atom is -0.341 e. The molecule has 0 N–H and O–H groups in total. The maximum atomic E-state index is 13.1. The van der Waals surface area contributed by atoms with E-state index in [0.29, 0.717) is 43.0 Å². The van der Waals surface area contributed by atoms with Crippen molar-refractivity contribution in [2.45, 2.75) is 26.3 Å². The standard InChI is InChI=1S/C21H18ClN5O3S/c1-12-16-20(23-11-27(21(16)29)10-15(28)26-8-4-5-9-26)31-17(12)19-24-18(25-30-19)13-6-2-3-7-14(13)22/h2-3,6-7,11H,4-5,8-10H2,1H3. The lowest BCUT2D eigenvalue weighted by molar-refractivity contribution is -0.130. The molecule has 10 heteroatoms. The molecule has 0 atom stereocenters. The van der Waals surface area contributed by atoms with Crippen molar-refractivity contribution in [3.63, 3.8) is 0 Å². The fraction of sp³-hybridized carbons (Fsp3) is 0.286. The normalized spacial score (nSPS) is 13.9. The van der Waals surface area contributed by atoms with Crippen LogP contribution < -0.4 is 5.56 Å². The molecule has 5 rings (SSSR count). The predicted molar refractivity (Wildman–Crippen MR) is 118 cm³/mol. The largest absolute Gasteiger partial charge is 0.341 e. The van der Waals surface area contributed by atoms with E-state index in [2.05, 4.69) is 15.1 Å². The first-order valence-electron chi connectivity index (χ1n) is 9.88. The van der Waals surface area contributed by atoms with Crippen LogP contribution in [0, 0.1) is 6.92 Å². The second-order valence-corrected chi connectivity index (χ2v) is 8.81. The lowest BCUT2D eigenvalue weighted by Crippen LogP contribution is -2.34. The van der Waals surface area contributed by atoms with Gasteiger partial charge in [0.05, 0.1) is 21.6 Å². The van der Waals surface area contributed by atoms with Crippen LogP contribution in [0.1, 0.15) is 18.4 Å². The number of aryl methyl sites for hydroxylation is 1. The van der Waals surface area contributed by atoms with Crippen LogP contribution in [0.2, 0.25) is 5.02 Å². The molecule has 4 aromatic rings. The van der Waals surface area contributed by atoms with Gasteiger partial charge in [-0.1, -0.05) is 28.9 Å². The number of carbonyl (C=O) groups excluding carboxylic acids is 1. The number of thiophene rings is 1. The van der Waals surface area contributed by atoms with Gasteiger partial charge in [0, 0.05) is 18.7 Å². The van der Waals surface area contributed by atoms with Crippen molar-refractivity contribution >= 4 is 39.1 Å². The molecule has 1 aromatic carbocycles. The molecule has 1 saturated heterocycles. The number of hydrogen-bond donors (Lipinski definition) is 0. The molecule has 4 heterocycles. The van der Waals surface area contributed by atoms with Gasteiger partial charge in [-0.3, -0.25) is 14.2 Å².